The van der Waals surface area contributed by atoms with E-state index in [0.29, 0.717) is 19.5 Å². The third kappa shape index (κ3) is 7.10. The van der Waals surface area contributed by atoms with Gasteiger partial charge in [-0.2, -0.15) is 5.26 Å². The molecule has 0 aliphatic carbocycles. The zero-order valence-electron chi connectivity index (χ0n) is 8.30. The van der Waals surface area contributed by atoms with Gasteiger partial charge in [0.25, 0.3) is 0 Å². The van der Waals surface area contributed by atoms with Crippen LogP contribution in [0, 0.1) is 11.3 Å². The van der Waals surface area contributed by atoms with Crippen LogP contribution in [-0.4, -0.2) is 24.9 Å². The van der Waals surface area contributed by atoms with E-state index < -0.39 is 0 Å². The van der Waals surface area contributed by atoms with Crippen molar-refractivity contribution in [3.8, 4) is 6.07 Å². The summed E-state index contributed by atoms with van der Waals surface area (Å²) in [5.74, 6) is -0.320. The Morgan fingerprint density at radius 1 is 1.21 bits per heavy atom. The van der Waals surface area contributed by atoms with Crippen LogP contribution in [0.25, 0.3) is 0 Å². The van der Waals surface area contributed by atoms with Gasteiger partial charge in [-0.3, -0.25) is 9.59 Å². The molecule has 0 aromatic carbocycles. The van der Waals surface area contributed by atoms with E-state index >= 15 is 0 Å². The number of nitrogens with zero attached hydrogens (tertiary/aromatic N) is 1. The van der Waals surface area contributed by atoms with Gasteiger partial charge in [0.05, 0.1) is 6.07 Å². The van der Waals surface area contributed by atoms with Crippen LogP contribution < -0.4 is 10.6 Å². The number of hydrogen-bond acceptors (Lipinski definition) is 3. The van der Waals surface area contributed by atoms with Crippen LogP contribution in [-0.2, 0) is 9.59 Å². The fourth-order valence-electron chi connectivity index (χ4n) is 0.854. The van der Waals surface area contributed by atoms with E-state index in [1.54, 1.807) is 6.07 Å². The molecule has 0 fully saturated rings. The number of nitrogens with one attached hydrogen (secondary N) is 2. The molecule has 0 heterocycles. The summed E-state index contributed by atoms with van der Waals surface area (Å²) in [5, 5.41) is 13.3. The normalized spacial score (nSPS) is 8.86. The molecule has 0 radical (unpaired) electrons. The SMILES string of the molecule is CCCC(=O)NCCNC(=O)CC#N. The lowest BCUT2D eigenvalue weighted by Gasteiger charge is -2.04. The van der Waals surface area contributed by atoms with Gasteiger partial charge in [0.2, 0.25) is 11.8 Å². The molecule has 0 unspecified atom stereocenters. The van der Waals surface area contributed by atoms with Crippen molar-refractivity contribution >= 4 is 11.8 Å². The van der Waals surface area contributed by atoms with E-state index in [0.717, 1.165) is 6.42 Å². The number of nitriles is 1. The number of rotatable bonds is 6. The number of carbonyl (C=O) groups excluding carboxylic acids is 2. The van der Waals surface area contributed by atoms with E-state index in [1.807, 2.05) is 6.92 Å². The van der Waals surface area contributed by atoms with Crippen LogP contribution in [0.5, 0.6) is 0 Å². The number of amides is 2. The minimum Gasteiger partial charge on any atom is -0.354 e. The van der Waals surface area contributed by atoms with Crippen molar-refractivity contribution in [2.45, 2.75) is 26.2 Å². The standard InChI is InChI=1S/C9H15N3O2/c1-2-3-8(13)11-6-7-12-9(14)4-5-10/h2-4,6-7H2,1H3,(H,11,13)(H,12,14). The lowest BCUT2D eigenvalue weighted by atomic mass is 10.3. The first-order valence-electron chi connectivity index (χ1n) is 4.61. The van der Waals surface area contributed by atoms with Gasteiger partial charge in [0.15, 0.2) is 0 Å². The molecule has 14 heavy (non-hydrogen) atoms. The molecule has 0 aliphatic rings. The summed E-state index contributed by atoms with van der Waals surface area (Å²) in [6.45, 7) is 2.71. The first kappa shape index (κ1) is 12.4. The Morgan fingerprint density at radius 3 is 2.29 bits per heavy atom. The summed E-state index contributed by atoms with van der Waals surface area (Å²) >= 11 is 0. The highest BCUT2D eigenvalue weighted by Crippen LogP contribution is 1.84. The van der Waals surface area contributed by atoms with E-state index in [2.05, 4.69) is 10.6 Å². The van der Waals surface area contributed by atoms with Crippen molar-refractivity contribution in [2.24, 2.45) is 0 Å². The van der Waals surface area contributed by atoms with Crippen LogP contribution >= 0.6 is 0 Å². The Bertz CT molecular complexity index is 233. The molecule has 0 spiro atoms. The molecular weight excluding hydrogens is 182 g/mol. The van der Waals surface area contributed by atoms with Gasteiger partial charge in [0, 0.05) is 19.5 Å². The molecule has 5 nitrogen and oxygen atoms in total. The fourth-order valence-corrected chi connectivity index (χ4v) is 0.854. The molecule has 5 heteroatoms. The second kappa shape index (κ2) is 8.05. The molecule has 0 aromatic heterocycles. The monoisotopic (exact) mass is 197 g/mol. The summed E-state index contributed by atoms with van der Waals surface area (Å²) in [7, 11) is 0. The van der Waals surface area contributed by atoms with Crippen molar-refractivity contribution in [2.75, 3.05) is 13.1 Å². The quantitative estimate of drug-likeness (QED) is 0.585. The molecule has 0 aromatic rings. The average molecular weight is 197 g/mol. The lowest BCUT2D eigenvalue weighted by Crippen LogP contribution is -2.34. The fraction of sp³-hybridized carbons (Fsp3) is 0.667. The molecule has 2 N–H and O–H groups in total. The minimum absolute atomic E-state index is 0.0120. The highest BCUT2D eigenvalue weighted by molar-refractivity contribution is 5.78. The molecule has 78 valence electrons. The zero-order valence-corrected chi connectivity index (χ0v) is 8.30. The van der Waals surface area contributed by atoms with Gasteiger partial charge in [-0.05, 0) is 6.42 Å². The Morgan fingerprint density at radius 2 is 1.79 bits per heavy atom. The highest BCUT2D eigenvalue weighted by atomic mass is 16.2. The van der Waals surface area contributed by atoms with E-state index in [1.165, 1.54) is 0 Å². The highest BCUT2D eigenvalue weighted by Gasteiger charge is 2.00. The van der Waals surface area contributed by atoms with Gasteiger partial charge >= 0.3 is 0 Å². The summed E-state index contributed by atoms with van der Waals surface area (Å²) in [6, 6.07) is 1.74. The van der Waals surface area contributed by atoms with Crippen molar-refractivity contribution in [3.63, 3.8) is 0 Å². The molecule has 0 atom stereocenters. The Labute approximate surface area is 83.5 Å². The van der Waals surface area contributed by atoms with Crippen molar-refractivity contribution in [1.29, 1.82) is 5.26 Å². The predicted octanol–water partition coefficient (Wildman–Crippen LogP) is -0.0674. The van der Waals surface area contributed by atoms with Crippen LogP contribution in [0.1, 0.15) is 26.2 Å². The van der Waals surface area contributed by atoms with Crippen LogP contribution in [0.2, 0.25) is 0 Å². The van der Waals surface area contributed by atoms with E-state index in [4.69, 9.17) is 5.26 Å². The van der Waals surface area contributed by atoms with Gasteiger partial charge in [0.1, 0.15) is 6.42 Å². The van der Waals surface area contributed by atoms with Gasteiger partial charge in [-0.1, -0.05) is 6.92 Å². The largest absolute Gasteiger partial charge is 0.354 e. The maximum absolute atomic E-state index is 10.9. The second-order valence-corrected chi connectivity index (χ2v) is 2.78. The number of hydrogen-bond donors (Lipinski definition) is 2. The van der Waals surface area contributed by atoms with Crippen LogP contribution in [0.3, 0.4) is 0 Å². The zero-order chi connectivity index (χ0) is 10.8. The Kier molecular flexibility index (Phi) is 7.15. The first-order chi connectivity index (χ1) is 6.70. The van der Waals surface area contributed by atoms with Crippen LogP contribution in [0.15, 0.2) is 0 Å². The minimum atomic E-state index is -0.308. The maximum Gasteiger partial charge on any atom is 0.234 e. The molecule has 0 saturated carbocycles. The summed E-state index contributed by atoms with van der Waals surface area (Å²) < 4.78 is 0. The third-order valence-electron chi connectivity index (χ3n) is 1.49. The Hall–Kier alpha value is -1.57. The summed E-state index contributed by atoms with van der Waals surface area (Å²) in [6.07, 6.45) is 1.18. The van der Waals surface area contributed by atoms with Gasteiger partial charge in [-0.25, -0.2) is 0 Å². The summed E-state index contributed by atoms with van der Waals surface area (Å²) in [4.78, 5) is 21.7. The first-order valence-corrected chi connectivity index (χ1v) is 4.61. The van der Waals surface area contributed by atoms with E-state index in [9.17, 15) is 9.59 Å². The molecule has 0 aliphatic heterocycles. The van der Waals surface area contributed by atoms with Gasteiger partial charge < -0.3 is 10.6 Å². The lowest BCUT2D eigenvalue weighted by molar-refractivity contribution is -0.122. The predicted molar refractivity (Wildman–Crippen MR) is 51.2 cm³/mol. The second-order valence-electron chi connectivity index (χ2n) is 2.78. The van der Waals surface area contributed by atoms with Crippen molar-refractivity contribution in [1.82, 2.24) is 10.6 Å². The molecule has 0 rings (SSSR count). The molecule has 0 saturated heterocycles. The Balaban J connectivity index is 3.34. The van der Waals surface area contributed by atoms with Crippen LogP contribution in [0.4, 0.5) is 0 Å². The molecule has 2 amide bonds. The number of carbonyl (C=O) groups is 2. The topological polar surface area (TPSA) is 82.0 Å². The van der Waals surface area contributed by atoms with Crippen molar-refractivity contribution in [3.05, 3.63) is 0 Å². The van der Waals surface area contributed by atoms with E-state index in [-0.39, 0.29) is 18.2 Å². The van der Waals surface area contributed by atoms with Gasteiger partial charge in [-0.15, -0.1) is 0 Å². The maximum atomic E-state index is 10.9. The third-order valence-corrected chi connectivity index (χ3v) is 1.49. The average Bonchev–Trinajstić information content (AvgIpc) is 2.13. The van der Waals surface area contributed by atoms with Crippen molar-refractivity contribution < 1.29 is 9.59 Å². The smallest absolute Gasteiger partial charge is 0.234 e. The summed E-state index contributed by atoms with van der Waals surface area (Å²) in [5.41, 5.74) is 0. The molecule has 0 bridgehead atoms. The molecular formula is C9H15N3O2.